The van der Waals surface area contributed by atoms with Crippen molar-refractivity contribution < 1.29 is 32.2 Å². The Morgan fingerprint density at radius 2 is 2.05 bits per heavy atom. The van der Waals surface area contributed by atoms with E-state index < -0.39 is 38.3 Å². The SMILES string of the molecule is COc1cc(C(=O)NCC(C)O)ccc1NCC#Cc1cc2c(NC3CCN(C)CC3F)cccn2c1[Se]C(F)(F)F. The third kappa shape index (κ3) is 8.10. The van der Waals surface area contributed by atoms with Crippen LogP contribution in [0.2, 0.25) is 0 Å². The molecule has 226 valence electrons. The zero-order chi connectivity index (χ0) is 30.4. The molecule has 0 spiro atoms. The van der Waals surface area contributed by atoms with Crippen LogP contribution in [0.4, 0.5) is 28.9 Å². The number of pyridine rings is 1. The molecule has 0 saturated carbocycles. The van der Waals surface area contributed by atoms with Crippen LogP contribution in [0.15, 0.2) is 42.6 Å². The minimum atomic E-state index is -4.39. The standard InChI is InChI=1S/C29H33F4N5O3Se/c1-18(39)16-35-27(40)19-8-9-24(26(15-19)41-3)34-11-4-6-20-14-25-23(36-22-10-13-37(2)17-21(22)30)7-5-12-38(25)28(20)42-29(31,32)33/h5,7-9,12,14-15,18,21-22,34,36,39H,10-11,13,16-17H2,1-3H3,(H,35,40). The van der Waals surface area contributed by atoms with E-state index >= 15 is 0 Å². The Morgan fingerprint density at radius 1 is 1.26 bits per heavy atom. The number of anilines is 2. The Labute approximate surface area is 247 Å². The van der Waals surface area contributed by atoms with Crippen LogP contribution in [0, 0.1) is 11.8 Å². The third-order valence-corrected chi connectivity index (χ3v) is 8.44. The van der Waals surface area contributed by atoms with Gasteiger partial charge in [-0.3, -0.25) is 0 Å². The van der Waals surface area contributed by atoms with Gasteiger partial charge in [0, 0.05) is 6.54 Å². The van der Waals surface area contributed by atoms with Crippen LogP contribution < -0.4 is 25.3 Å². The zero-order valence-electron chi connectivity index (χ0n) is 23.4. The van der Waals surface area contributed by atoms with Crippen molar-refractivity contribution in [2.75, 3.05) is 51.0 Å². The molecule has 0 aliphatic carbocycles. The van der Waals surface area contributed by atoms with Gasteiger partial charge >= 0.3 is 224 Å². The number of nitrogens with zero attached hydrogens (tertiary/aromatic N) is 2. The second kappa shape index (κ2) is 13.7. The molecule has 8 nitrogen and oxygen atoms in total. The van der Waals surface area contributed by atoms with Crippen molar-refractivity contribution in [2.24, 2.45) is 0 Å². The Balaban J connectivity index is 1.54. The maximum atomic E-state index is 14.7. The normalized spacial score (nSPS) is 18.2. The topological polar surface area (TPSA) is 90.3 Å². The molecule has 3 aromatic rings. The first-order valence-corrected chi connectivity index (χ1v) is 15.0. The number of aromatic nitrogens is 1. The van der Waals surface area contributed by atoms with Gasteiger partial charge in [0.15, 0.2) is 0 Å². The predicted octanol–water partition coefficient (Wildman–Crippen LogP) is 2.83. The minimum absolute atomic E-state index is 0.0615. The molecule has 1 saturated heterocycles. The van der Waals surface area contributed by atoms with Gasteiger partial charge in [-0.25, -0.2) is 0 Å². The molecule has 2 aromatic heterocycles. The van der Waals surface area contributed by atoms with Gasteiger partial charge in [0.05, 0.1) is 6.10 Å². The quantitative estimate of drug-likeness (QED) is 0.161. The van der Waals surface area contributed by atoms with Gasteiger partial charge < -0.3 is 5.11 Å². The molecule has 42 heavy (non-hydrogen) atoms. The molecule has 1 aliphatic rings. The summed E-state index contributed by atoms with van der Waals surface area (Å²) in [4.78, 5) is 14.2. The van der Waals surface area contributed by atoms with Crippen LogP contribution in [-0.4, -0.2) is 99.0 Å². The van der Waals surface area contributed by atoms with Gasteiger partial charge in [0.1, 0.15) is 0 Å². The number of hydrogen-bond acceptors (Lipinski definition) is 6. The van der Waals surface area contributed by atoms with Gasteiger partial charge in [0.2, 0.25) is 0 Å². The predicted molar refractivity (Wildman–Crippen MR) is 156 cm³/mol. The van der Waals surface area contributed by atoms with E-state index in [0.717, 1.165) is 6.54 Å². The summed E-state index contributed by atoms with van der Waals surface area (Å²) < 4.78 is 62.4. The summed E-state index contributed by atoms with van der Waals surface area (Å²) in [6, 6.07) is 9.32. The molecule has 4 rings (SSSR count). The first kappa shape index (κ1) is 31.5. The number of aliphatic hydroxyl groups excluding tert-OH is 1. The van der Waals surface area contributed by atoms with Crippen molar-refractivity contribution in [3.63, 3.8) is 0 Å². The van der Waals surface area contributed by atoms with E-state index in [4.69, 9.17) is 4.74 Å². The molecule has 3 atom stereocenters. The number of benzene rings is 1. The molecule has 3 heterocycles. The number of aliphatic hydroxyl groups is 1. The number of fused-ring (bicyclic) bond motifs is 1. The van der Waals surface area contributed by atoms with E-state index in [1.165, 1.54) is 11.5 Å². The second-order valence-corrected chi connectivity index (χ2v) is 12.2. The van der Waals surface area contributed by atoms with Crippen LogP contribution in [-0.2, 0) is 0 Å². The summed E-state index contributed by atoms with van der Waals surface area (Å²) in [5, 5.41) is 13.9. The van der Waals surface area contributed by atoms with Crippen LogP contribution >= 0.6 is 0 Å². The summed E-state index contributed by atoms with van der Waals surface area (Å²) in [5.74, 6) is 5.79. The molecular weight excluding hydrogens is 621 g/mol. The fourth-order valence-electron chi connectivity index (χ4n) is 4.62. The molecule has 1 amide bonds. The number of carbonyl (C=O) groups excluding carboxylic acids is 1. The Morgan fingerprint density at radius 3 is 2.74 bits per heavy atom. The van der Waals surface area contributed by atoms with Gasteiger partial charge in [0.25, 0.3) is 0 Å². The van der Waals surface area contributed by atoms with Crippen molar-refractivity contribution in [1.82, 2.24) is 14.6 Å². The Bertz CT molecular complexity index is 1470. The van der Waals surface area contributed by atoms with Crippen molar-refractivity contribution in [2.45, 2.75) is 36.7 Å². The van der Waals surface area contributed by atoms with Crippen LogP contribution in [0.25, 0.3) is 5.52 Å². The number of rotatable bonds is 9. The molecule has 0 radical (unpaired) electrons. The zero-order valence-corrected chi connectivity index (χ0v) is 25.1. The van der Waals surface area contributed by atoms with Crippen molar-refractivity contribution in [1.29, 1.82) is 0 Å². The number of piperidine rings is 1. The Kier molecular flexibility index (Phi) is 10.3. The maximum absolute atomic E-state index is 14.7. The van der Waals surface area contributed by atoms with Crippen LogP contribution in [0.1, 0.15) is 29.3 Å². The summed E-state index contributed by atoms with van der Waals surface area (Å²) in [5.41, 5.74) is 2.20. The molecule has 4 N–H and O–H groups in total. The Hall–Kier alpha value is -3.43. The first-order chi connectivity index (χ1) is 19.9. The van der Waals surface area contributed by atoms with E-state index in [1.54, 1.807) is 49.5 Å². The third-order valence-electron chi connectivity index (χ3n) is 6.67. The van der Waals surface area contributed by atoms with E-state index in [2.05, 4.69) is 27.8 Å². The van der Waals surface area contributed by atoms with Crippen molar-refractivity contribution in [3.8, 4) is 17.6 Å². The van der Waals surface area contributed by atoms with Crippen molar-refractivity contribution >= 4 is 42.3 Å². The van der Waals surface area contributed by atoms with E-state index in [1.807, 2.05) is 11.9 Å². The summed E-state index contributed by atoms with van der Waals surface area (Å²) >= 11 is -1.86. The summed E-state index contributed by atoms with van der Waals surface area (Å²) in [6.45, 7) is 2.77. The molecule has 3 unspecified atom stereocenters. The number of halogens is 4. The fourth-order valence-corrected chi connectivity index (χ4v) is 6.08. The first-order valence-electron chi connectivity index (χ1n) is 13.3. The molecule has 1 aliphatic heterocycles. The number of hydrogen-bond donors (Lipinski definition) is 4. The van der Waals surface area contributed by atoms with Crippen LogP contribution in [0.5, 0.6) is 5.75 Å². The second-order valence-electron chi connectivity index (χ2n) is 10.0. The van der Waals surface area contributed by atoms with Gasteiger partial charge in [-0.1, -0.05) is 0 Å². The number of carbonyl (C=O) groups is 1. The number of ether oxygens (including phenoxy) is 1. The average molecular weight is 655 g/mol. The number of amides is 1. The average Bonchev–Trinajstić information content (AvgIpc) is 3.27. The van der Waals surface area contributed by atoms with E-state index in [-0.39, 0.29) is 35.7 Å². The van der Waals surface area contributed by atoms with Crippen molar-refractivity contribution in [3.05, 3.63) is 53.7 Å². The summed E-state index contributed by atoms with van der Waals surface area (Å²) in [6.07, 6.45) is 0.357. The van der Waals surface area contributed by atoms with Gasteiger partial charge in [-0.15, -0.1) is 0 Å². The molecule has 1 fully saturated rings. The number of alkyl halides is 4. The fraction of sp³-hybridized carbons (Fsp3) is 0.414. The van der Waals surface area contributed by atoms with E-state index in [9.17, 15) is 27.5 Å². The molecule has 13 heteroatoms. The monoisotopic (exact) mass is 655 g/mol. The number of nitrogens with one attached hydrogen (secondary N) is 3. The van der Waals surface area contributed by atoms with E-state index in [0.29, 0.717) is 34.6 Å². The van der Waals surface area contributed by atoms with Crippen LogP contribution in [0.3, 0.4) is 0 Å². The molecular formula is C29H33F4N5O3Se. The molecule has 1 aromatic carbocycles. The van der Waals surface area contributed by atoms with Gasteiger partial charge in [-0.2, -0.15) is 0 Å². The molecule has 0 bridgehead atoms. The number of methoxy groups -OCH3 is 1. The summed E-state index contributed by atoms with van der Waals surface area (Å²) in [7, 11) is 3.30. The number of likely N-dealkylation sites (tertiary alicyclic amines) is 1. The van der Waals surface area contributed by atoms with Gasteiger partial charge in [-0.05, 0) is 6.92 Å².